The van der Waals surface area contributed by atoms with Gasteiger partial charge in [-0.15, -0.1) is 0 Å². The van der Waals surface area contributed by atoms with Crippen LogP contribution in [0.3, 0.4) is 0 Å². The summed E-state index contributed by atoms with van der Waals surface area (Å²) in [4.78, 5) is 8.58. The molecule has 2 N–H and O–H groups in total. The molecule has 3 nitrogen and oxygen atoms in total. The molecule has 0 saturated heterocycles. The third-order valence-electron chi connectivity index (χ3n) is 3.51. The summed E-state index contributed by atoms with van der Waals surface area (Å²) in [6.45, 7) is 1.68. The fraction of sp³-hybridized carbons (Fsp3) is 0.125. The maximum atomic E-state index is 14.3. The van der Waals surface area contributed by atoms with E-state index in [0.717, 1.165) is 12.1 Å². The van der Waals surface area contributed by atoms with Crippen molar-refractivity contribution in [3.63, 3.8) is 0 Å². The highest BCUT2D eigenvalue weighted by Gasteiger charge is 2.26. The van der Waals surface area contributed by atoms with Gasteiger partial charge in [0.05, 0.1) is 27.0 Å². The number of nitrogens with two attached hydrogens (primary N) is 1. The molecule has 23 heavy (non-hydrogen) atoms. The zero-order valence-corrected chi connectivity index (χ0v) is 13.5. The van der Waals surface area contributed by atoms with Crippen molar-refractivity contribution in [2.45, 2.75) is 13.0 Å². The molecule has 1 aliphatic rings. The van der Waals surface area contributed by atoms with E-state index in [-0.39, 0.29) is 32.7 Å². The first kappa shape index (κ1) is 15.9. The van der Waals surface area contributed by atoms with E-state index in [0.29, 0.717) is 5.69 Å². The number of fused-ring (bicyclic) bond motifs is 1. The molecule has 0 amide bonds. The molecule has 2 aromatic rings. The third kappa shape index (κ3) is 2.71. The van der Waals surface area contributed by atoms with Gasteiger partial charge in [0.15, 0.2) is 0 Å². The standard InChI is InChI=1S/C16H11Cl2F2N3/c1-7-16(21)23-11-6-5-8(17)14(18)13(11)15(22-7)12-9(19)3-2-4-10(12)20/h2-7H,1H3,(H2,21,23)/t7-/m0/s1. The molecule has 1 atom stereocenters. The fourth-order valence-electron chi connectivity index (χ4n) is 2.33. The Kier molecular flexibility index (Phi) is 4.08. The lowest BCUT2D eigenvalue weighted by Crippen LogP contribution is -2.24. The number of hydrogen-bond acceptors (Lipinski definition) is 3. The van der Waals surface area contributed by atoms with Crippen LogP contribution in [0.4, 0.5) is 14.5 Å². The average Bonchev–Trinajstić information content (AvgIpc) is 2.61. The first-order valence-electron chi connectivity index (χ1n) is 6.74. The Morgan fingerprint density at radius 3 is 2.35 bits per heavy atom. The lowest BCUT2D eigenvalue weighted by molar-refractivity contribution is 0.579. The maximum Gasteiger partial charge on any atom is 0.135 e. The summed E-state index contributed by atoms with van der Waals surface area (Å²) >= 11 is 12.3. The van der Waals surface area contributed by atoms with Gasteiger partial charge in [-0.25, -0.2) is 13.8 Å². The van der Waals surface area contributed by atoms with E-state index in [1.165, 1.54) is 6.07 Å². The van der Waals surface area contributed by atoms with Crippen LogP contribution in [0.15, 0.2) is 40.3 Å². The molecular weight excluding hydrogens is 343 g/mol. The molecule has 118 valence electrons. The highest BCUT2D eigenvalue weighted by molar-refractivity contribution is 6.45. The van der Waals surface area contributed by atoms with Crippen molar-refractivity contribution in [2.75, 3.05) is 0 Å². The Bertz CT molecular complexity index is 842. The predicted octanol–water partition coefficient (Wildman–Crippen LogP) is 4.50. The molecule has 0 radical (unpaired) electrons. The molecule has 0 bridgehead atoms. The minimum absolute atomic E-state index is 0.0415. The lowest BCUT2D eigenvalue weighted by Gasteiger charge is -2.13. The van der Waals surface area contributed by atoms with Crippen LogP contribution in [0.25, 0.3) is 0 Å². The van der Waals surface area contributed by atoms with Crippen LogP contribution in [-0.4, -0.2) is 17.6 Å². The summed E-state index contributed by atoms with van der Waals surface area (Å²) in [5.74, 6) is -1.28. The summed E-state index contributed by atoms with van der Waals surface area (Å²) in [5.41, 5.74) is 6.26. The number of halogens is 4. The van der Waals surface area contributed by atoms with Gasteiger partial charge < -0.3 is 5.73 Å². The van der Waals surface area contributed by atoms with Crippen LogP contribution < -0.4 is 5.73 Å². The summed E-state index contributed by atoms with van der Waals surface area (Å²) in [6.07, 6.45) is 0. The zero-order valence-electron chi connectivity index (χ0n) is 11.9. The van der Waals surface area contributed by atoms with Gasteiger partial charge in [-0.05, 0) is 31.2 Å². The molecule has 0 aliphatic carbocycles. The largest absolute Gasteiger partial charge is 0.385 e. The van der Waals surface area contributed by atoms with Crippen LogP contribution in [0.1, 0.15) is 18.1 Å². The van der Waals surface area contributed by atoms with Crippen molar-refractivity contribution in [1.29, 1.82) is 0 Å². The second kappa shape index (κ2) is 5.91. The van der Waals surface area contributed by atoms with Gasteiger partial charge in [0.2, 0.25) is 0 Å². The van der Waals surface area contributed by atoms with Crippen LogP contribution in [0.5, 0.6) is 0 Å². The quantitative estimate of drug-likeness (QED) is 0.806. The van der Waals surface area contributed by atoms with Crippen LogP contribution in [0.2, 0.25) is 10.0 Å². The topological polar surface area (TPSA) is 50.7 Å². The summed E-state index contributed by atoms with van der Waals surface area (Å²) in [6, 6.07) is 6.15. The molecule has 0 spiro atoms. The summed E-state index contributed by atoms with van der Waals surface area (Å²) in [7, 11) is 0. The Hall–Kier alpha value is -1.98. The van der Waals surface area contributed by atoms with Crippen molar-refractivity contribution in [2.24, 2.45) is 15.7 Å². The van der Waals surface area contributed by atoms with Crippen molar-refractivity contribution in [3.8, 4) is 0 Å². The molecule has 7 heteroatoms. The zero-order chi connectivity index (χ0) is 16.7. The number of rotatable bonds is 1. The predicted molar refractivity (Wildman–Crippen MR) is 89.2 cm³/mol. The smallest absolute Gasteiger partial charge is 0.135 e. The van der Waals surface area contributed by atoms with Gasteiger partial charge in [-0.1, -0.05) is 29.3 Å². The van der Waals surface area contributed by atoms with Gasteiger partial charge in [-0.2, -0.15) is 0 Å². The second-order valence-corrected chi connectivity index (χ2v) is 5.83. The number of amidine groups is 1. The Labute approximate surface area is 141 Å². The van der Waals surface area contributed by atoms with E-state index >= 15 is 0 Å². The highest BCUT2D eigenvalue weighted by atomic mass is 35.5. The molecule has 1 aliphatic heterocycles. The summed E-state index contributed by atoms with van der Waals surface area (Å²) in [5, 5.41) is 0.356. The van der Waals surface area contributed by atoms with Gasteiger partial charge in [0.25, 0.3) is 0 Å². The molecule has 0 saturated carbocycles. The van der Waals surface area contributed by atoms with Gasteiger partial charge in [-0.3, -0.25) is 4.99 Å². The Morgan fingerprint density at radius 1 is 1.04 bits per heavy atom. The number of aliphatic imine (C=N–C) groups is 2. The minimum atomic E-state index is -0.751. The monoisotopic (exact) mass is 353 g/mol. The lowest BCUT2D eigenvalue weighted by atomic mass is 9.99. The maximum absolute atomic E-state index is 14.3. The van der Waals surface area contributed by atoms with Gasteiger partial charge in [0.1, 0.15) is 23.5 Å². The van der Waals surface area contributed by atoms with Crippen molar-refractivity contribution < 1.29 is 8.78 Å². The van der Waals surface area contributed by atoms with E-state index in [1.54, 1.807) is 19.1 Å². The van der Waals surface area contributed by atoms with Gasteiger partial charge >= 0.3 is 0 Å². The Balaban J connectivity index is 2.39. The molecule has 3 rings (SSSR count). The van der Waals surface area contributed by atoms with E-state index in [1.807, 2.05) is 0 Å². The summed E-state index contributed by atoms with van der Waals surface area (Å²) < 4.78 is 28.5. The number of nitrogens with zero attached hydrogens (tertiary/aromatic N) is 2. The van der Waals surface area contributed by atoms with Crippen LogP contribution in [-0.2, 0) is 0 Å². The fourth-order valence-corrected chi connectivity index (χ4v) is 2.74. The van der Waals surface area contributed by atoms with Crippen LogP contribution in [0, 0.1) is 11.6 Å². The number of benzene rings is 2. The first-order chi connectivity index (χ1) is 10.9. The average molecular weight is 354 g/mol. The Morgan fingerprint density at radius 2 is 1.70 bits per heavy atom. The van der Waals surface area contributed by atoms with Crippen molar-refractivity contribution >= 4 is 40.4 Å². The second-order valence-electron chi connectivity index (χ2n) is 5.04. The molecule has 0 aromatic heterocycles. The van der Waals surface area contributed by atoms with E-state index in [9.17, 15) is 8.78 Å². The molecule has 1 heterocycles. The van der Waals surface area contributed by atoms with Crippen molar-refractivity contribution in [1.82, 2.24) is 0 Å². The van der Waals surface area contributed by atoms with E-state index in [4.69, 9.17) is 28.9 Å². The molecule has 0 unspecified atom stereocenters. The van der Waals surface area contributed by atoms with Crippen LogP contribution >= 0.6 is 23.2 Å². The highest BCUT2D eigenvalue weighted by Crippen LogP contribution is 2.37. The van der Waals surface area contributed by atoms with E-state index < -0.39 is 17.7 Å². The van der Waals surface area contributed by atoms with Gasteiger partial charge in [0, 0.05) is 5.56 Å². The third-order valence-corrected chi connectivity index (χ3v) is 4.31. The van der Waals surface area contributed by atoms with E-state index in [2.05, 4.69) is 9.98 Å². The molecular formula is C16H11Cl2F2N3. The molecule has 0 fully saturated rings. The molecule has 2 aromatic carbocycles. The SMILES string of the molecule is C[C@@H]1N=C(c2c(F)cccc2F)c2c(ccc(Cl)c2Cl)N=C1N. The normalized spacial score (nSPS) is 17.2. The first-order valence-corrected chi connectivity index (χ1v) is 7.50. The van der Waals surface area contributed by atoms with Crippen molar-refractivity contribution in [3.05, 3.63) is 63.1 Å². The number of hydrogen-bond donors (Lipinski definition) is 1. The minimum Gasteiger partial charge on any atom is -0.385 e.